The summed E-state index contributed by atoms with van der Waals surface area (Å²) in [5, 5.41) is 19.8. The second kappa shape index (κ2) is 7.49. The lowest BCUT2D eigenvalue weighted by atomic mass is 10.2. The van der Waals surface area contributed by atoms with Crippen molar-refractivity contribution in [2.24, 2.45) is 4.99 Å². The van der Waals surface area contributed by atoms with Gasteiger partial charge in [0.05, 0.1) is 37.0 Å². The molecule has 3 heterocycles. The summed E-state index contributed by atoms with van der Waals surface area (Å²) in [7, 11) is 0. The molecule has 0 amide bonds. The van der Waals surface area contributed by atoms with Crippen LogP contribution in [0.2, 0.25) is 0 Å². The molecule has 124 valence electrons. The van der Waals surface area contributed by atoms with E-state index in [1.807, 2.05) is 4.90 Å². The Morgan fingerprint density at radius 2 is 1.96 bits per heavy atom. The van der Waals surface area contributed by atoms with Gasteiger partial charge in [-0.1, -0.05) is 0 Å². The molecule has 0 aliphatic carbocycles. The van der Waals surface area contributed by atoms with E-state index in [2.05, 4.69) is 15.0 Å². The number of aliphatic imine (C=N–C) groups is 1. The molecule has 1 atom stereocenters. The molecule has 23 heavy (non-hydrogen) atoms. The number of hydrogen-bond donors (Lipinski definition) is 2. The van der Waals surface area contributed by atoms with E-state index < -0.39 is 6.23 Å². The molecule has 1 unspecified atom stereocenters. The van der Waals surface area contributed by atoms with Crippen LogP contribution in [0.3, 0.4) is 0 Å². The van der Waals surface area contributed by atoms with Crippen molar-refractivity contribution < 1.29 is 14.9 Å². The molecule has 0 saturated carbocycles. The van der Waals surface area contributed by atoms with Crippen molar-refractivity contribution in [2.45, 2.75) is 19.1 Å². The minimum Gasteiger partial charge on any atom is -0.396 e. The molecule has 0 aromatic carbocycles. The van der Waals surface area contributed by atoms with Gasteiger partial charge in [0.1, 0.15) is 6.33 Å². The molecule has 8 nitrogen and oxygen atoms in total. The minimum atomic E-state index is -0.892. The maximum Gasteiger partial charge on any atom is 0.190 e. The first kappa shape index (κ1) is 15.9. The van der Waals surface area contributed by atoms with Crippen LogP contribution in [0.1, 0.15) is 12.8 Å². The predicted molar refractivity (Wildman–Crippen MR) is 84.7 cm³/mol. The molecule has 2 aliphatic rings. The van der Waals surface area contributed by atoms with Crippen molar-refractivity contribution in [3.8, 4) is 0 Å². The third-order valence-electron chi connectivity index (χ3n) is 3.81. The van der Waals surface area contributed by atoms with Crippen molar-refractivity contribution in [3.05, 3.63) is 30.6 Å². The summed E-state index contributed by atoms with van der Waals surface area (Å²) in [4.78, 5) is 16.4. The standard InChI is InChI=1S/C15H21N5O3/c21-5-1-2-12-10-20(13-8-16-11-17-9-13)15(22)14(18-12)19-3-6-23-7-4-19/h8-11,15,21-22H,1-7H2. The monoisotopic (exact) mass is 319 g/mol. The van der Waals surface area contributed by atoms with Gasteiger partial charge in [-0.2, -0.15) is 0 Å². The highest BCUT2D eigenvalue weighted by molar-refractivity contribution is 5.91. The van der Waals surface area contributed by atoms with Crippen LogP contribution in [-0.4, -0.2) is 70.1 Å². The number of ether oxygens (including phenoxy) is 1. The lowest BCUT2D eigenvalue weighted by Gasteiger charge is -2.38. The molecular formula is C15H21N5O3. The normalized spacial score (nSPS) is 21.9. The van der Waals surface area contributed by atoms with Crippen LogP contribution in [0.15, 0.2) is 35.6 Å². The number of aromatic nitrogens is 2. The molecule has 2 N–H and O–H groups in total. The van der Waals surface area contributed by atoms with Gasteiger partial charge in [-0.3, -0.25) is 0 Å². The molecule has 1 aromatic heterocycles. The van der Waals surface area contributed by atoms with Crippen LogP contribution in [0.25, 0.3) is 0 Å². The molecule has 0 spiro atoms. The highest BCUT2D eigenvalue weighted by Gasteiger charge is 2.30. The van der Waals surface area contributed by atoms with Gasteiger partial charge in [0, 0.05) is 25.9 Å². The molecule has 1 saturated heterocycles. The third kappa shape index (κ3) is 3.66. The van der Waals surface area contributed by atoms with Gasteiger partial charge in [0.15, 0.2) is 12.1 Å². The van der Waals surface area contributed by atoms with Crippen LogP contribution in [0.4, 0.5) is 5.69 Å². The van der Waals surface area contributed by atoms with Crippen LogP contribution >= 0.6 is 0 Å². The summed E-state index contributed by atoms with van der Waals surface area (Å²) in [6, 6.07) is 0. The molecule has 1 fully saturated rings. The van der Waals surface area contributed by atoms with Crippen LogP contribution in [-0.2, 0) is 4.74 Å². The average Bonchev–Trinajstić information content (AvgIpc) is 2.62. The third-order valence-corrected chi connectivity index (χ3v) is 3.81. The smallest absolute Gasteiger partial charge is 0.190 e. The first-order valence-corrected chi connectivity index (χ1v) is 7.74. The largest absolute Gasteiger partial charge is 0.396 e. The molecule has 0 bridgehead atoms. The zero-order chi connectivity index (χ0) is 16.1. The van der Waals surface area contributed by atoms with Gasteiger partial charge < -0.3 is 24.7 Å². The number of nitrogens with zero attached hydrogens (tertiary/aromatic N) is 5. The Hall–Kier alpha value is -2.03. The Labute approximate surface area is 134 Å². The molecular weight excluding hydrogens is 298 g/mol. The summed E-state index contributed by atoms with van der Waals surface area (Å²) < 4.78 is 5.37. The number of aliphatic hydroxyl groups excluding tert-OH is 2. The SMILES string of the molecule is OCCCC1=CN(c2cncnc2)C(O)C(N2CCOCC2)=N1. The number of hydrogen-bond acceptors (Lipinski definition) is 8. The quantitative estimate of drug-likeness (QED) is 0.804. The van der Waals surface area contributed by atoms with Crippen molar-refractivity contribution in [1.29, 1.82) is 0 Å². The topological polar surface area (TPSA) is 94.3 Å². The van der Waals surface area contributed by atoms with Gasteiger partial charge in [-0.25, -0.2) is 15.0 Å². The van der Waals surface area contributed by atoms with Crippen molar-refractivity contribution >= 4 is 11.5 Å². The first-order chi connectivity index (χ1) is 11.3. The van der Waals surface area contributed by atoms with E-state index in [1.54, 1.807) is 23.5 Å². The van der Waals surface area contributed by atoms with E-state index in [4.69, 9.17) is 9.84 Å². The van der Waals surface area contributed by atoms with Gasteiger partial charge in [0.25, 0.3) is 0 Å². The van der Waals surface area contributed by atoms with Crippen molar-refractivity contribution in [3.63, 3.8) is 0 Å². The molecule has 2 aliphatic heterocycles. The lowest BCUT2D eigenvalue weighted by molar-refractivity contribution is 0.0622. The molecule has 0 radical (unpaired) electrons. The summed E-state index contributed by atoms with van der Waals surface area (Å²) in [5.41, 5.74) is 1.51. The Morgan fingerprint density at radius 3 is 2.65 bits per heavy atom. The Bertz CT molecular complexity index is 572. The average molecular weight is 319 g/mol. The molecule has 3 rings (SSSR count). The molecule has 8 heteroatoms. The fraction of sp³-hybridized carbons (Fsp3) is 0.533. The van der Waals surface area contributed by atoms with E-state index >= 15 is 0 Å². The van der Waals surface area contributed by atoms with E-state index in [-0.39, 0.29) is 6.61 Å². The zero-order valence-corrected chi connectivity index (χ0v) is 12.9. The number of anilines is 1. The van der Waals surface area contributed by atoms with Crippen LogP contribution < -0.4 is 4.90 Å². The number of aliphatic hydroxyl groups is 2. The second-order valence-corrected chi connectivity index (χ2v) is 5.39. The van der Waals surface area contributed by atoms with Crippen LogP contribution in [0.5, 0.6) is 0 Å². The van der Waals surface area contributed by atoms with Crippen LogP contribution in [0, 0.1) is 0 Å². The highest BCUT2D eigenvalue weighted by atomic mass is 16.5. The Morgan fingerprint density at radius 1 is 1.22 bits per heavy atom. The zero-order valence-electron chi connectivity index (χ0n) is 12.9. The first-order valence-electron chi connectivity index (χ1n) is 7.74. The van der Waals surface area contributed by atoms with E-state index in [9.17, 15) is 5.11 Å². The molecule has 1 aromatic rings. The Balaban J connectivity index is 1.88. The van der Waals surface area contributed by atoms with Crippen molar-refractivity contribution in [1.82, 2.24) is 14.9 Å². The van der Waals surface area contributed by atoms with Gasteiger partial charge in [0.2, 0.25) is 0 Å². The Kier molecular flexibility index (Phi) is 5.16. The highest BCUT2D eigenvalue weighted by Crippen LogP contribution is 2.24. The minimum absolute atomic E-state index is 0.108. The van der Waals surface area contributed by atoms with E-state index in [0.717, 1.165) is 5.70 Å². The number of morpholine rings is 1. The van der Waals surface area contributed by atoms with Gasteiger partial charge in [-0.05, 0) is 12.8 Å². The second-order valence-electron chi connectivity index (χ2n) is 5.39. The van der Waals surface area contributed by atoms with E-state index in [0.29, 0.717) is 50.7 Å². The maximum atomic E-state index is 10.7. The fourth-order valence-corrected chi connectivity index (χ4v) is 2.64. The number of rotatable bonds is 4. The predicted octanol–water partition coefficient (Wildman–Crippen LogP) is -0.0404. The van der Waals surface area contributed by atoms with Gasteiger partial charge in [-0.15, -0.1) is 0 Å². The summed E-state index contributed by atoms with van der Waals surface area (Å²) in [6.45, 7) is 2.74. The summed E-state index contributed by atoms with van der Waals surface area (Å²) in [6.07, 6.45) is 6.92. The lowest BCUT2D eigenvalue weighted by Crippen LogP contribution is -2.52. The van der Waals surface area contributed by atoms with E-state index in [1.165, 1.54) is 6.33 Å². The van der Waals surface area contributed by atoms with Crippen molar-refractivity contribution in [2.75, 3.05) is 37.8 Å². The summed E-state index contributed by atoms with van der Waals surface area (Å²) in [5.74, 6) is 0.604. The number of amidine groups is 1. The summed E-state index contributed by atoms with van der Waals surface area (Å²) >= 11 is 0. The van der Waals surface area contributed by atoms with Gasteiger partial charge >= 0.3 is 0 Å². The number of allylic oxidation sites excluding steroid dienone is 1. The maximum absolute atomic E-state index is 10.7. The fourth-order valence-electron chi connectivity index (χ4n) is 2.64.